The summed E-state index contributed by atoms with van der Waals surface area (Å²) in [5.74, 6) is -2.91. The zero-order valence-corrected chi connectivity index (χ0v) is 14.3. The van der Waals surface area contributed by atoms with Gasteiger partial charge >= 0.3 is 11.8 Å². The first-order valence-corrected chi connectivity index (χ1v) is 7.93. The normalized spacial score (nSPS) is 11.0. The first-order chi connectivity index (χ1) is 12.9. The van der Waals surface area contributed by atoms with Crippen LogP contribution in [0.4, 0.5) is 4.39 Å². The van der Waals surface area contributed by atoms with Crippen LogP contribution in [-0.2, 0) is 9.59 Å². The molecule has 0 aliphatic heterocycles. The zero-order chi connectivity index (χ0) is 19.6. The largest absolute Gasteiger partial charge is 0.361 e. The lowest BCUT2D eigenvalue weighted by Crippen LogP contribution is -2.32. The molecule has 1 aromatic carbocycles. The van der Waals surface area contributed by atoms with E-state index >= 15 is 0 Å². The van der Waals surface area contributed by atoms with Crippen LogP contribution in [0.25, 0.3) is 5.52 Å². The van der Waals surface area contributed by atoms with Crippen LogP contribution in [-0.4, -0.2) is 28.2 Å². The van der Waals surface area contributed by atoms with Gasteiger partial charge < -0.3 is 10.1 Å². The van der Waals surface area contributed by atoms with Crippen molar-refractivity contribution in [2.24, 2.45) is 10.8 Å². The number of carbonyl (C=O) groups excluding carboxylic acids is 3. The molecule has 0 fully saturated rings. The minimum atomic E-state index is -1.15. The molecule has 2 amide bonds. The first-order valence-electron chi connectivity index (χ1n) is 7.93. The van der Waals surface area contributed by atoms with E-state index in [0.29, 0.717) is 27.9 Å². The fraction of sp³-hybridized carbons (Fsp3) is 0.0526. The van der Waals surface area contributed by atoms with Crippen molar-refractivity contribution in [3.05, 3.63) is 76.9 Å². The molecule has 3 aromatic rings. The number of hydrazone groups is 1. The van der Waals surface area contributed by atoms with Gasteiger partial charge in [-0.2, -0.15) is 5.10 Å². The Hall–Kier alpha value is -3.81. The summed E-state index contributed by atoms with van der Waals surface area (Å²) in [6.07, 6.45) is 3.06. The fourth-order valence-corrected chi connectivity index (χ4v) is 2.75. The molecule has 0 atom stereocenters. The number of nitrogens with one attached hydrogen (secondary N) is 1. The molecule has 0 aliphatic rings. The molecule has 0 saturated heterocycles. The van der Waals surface area contributed by atoms with Gasteiger partial charge in [0.25, 0.3) is 0 Å². The van der Waals surface area contributed by atoms with Crippen molar-refractivity contribution in [2.45, 2.75) is 6.92 Å². The summed E-state index contributed by atoms with van der Waals surface area (Å²) in [5.41, 5.74) is 9.49. The van der Waals surface area contributed by atoms with Crippen molar-refractivity contribution in [2.75, 3.05) is 0 Å². The molecule has 7 nitrogen and oxygen atoms in total. The van der Waals surface area contributed by atoms with Gasteiger partial charge in [0.05, 0.1) is 17.4 Å². The molecule has 0 saturated carbocycles. The highest BCUT2D eigenvalue weighted by atomic mass is 19.1. The second kappa shape index (κ2) is 7.20. The van der Waals surface area contributed by atoms with Crippen LogP contribution in [0.3, 0.4) is 0 Å². The Balaban J connectivity index is 2.07. The number of benzene rings is 1. The van der Waals surface area contributed by atoms with E-state index in [-0.39, 0.29) is 5.78 Å². The summed E-state index contributed by atoms with van der Waals surface area (Å²) in [6, 6.07) is 10.6. The summed E-state index contributed by atoms with van der Waals surface area (Å²) in [6.45, 7) is 1.74. The van der Waals surface area contributed by atoms with Crippen molar-refractivity contribution in [3.8, 4) is 0 Å². The SMILES string of the molecule is Cc1c(/C=N\NC(=O)C(N)=O)c2ccccn2c1C(=O)c1ccc(F)cc1. The molecule has 0 radical (unpaired) electrons. The molecule has 3 N–H and O–H groups in total. The van der Waals surface area contributed by atoms with Gasteiger partial charge in [-0.25, -0.2) is 9.82 Å². The molecule has 0 spiro atoms. The number of aromatic nitrogens is 1. The van der Waals surface area contributed by atoms with Gasteiger partial charge in [0.1, 0.15) is 5.82 Å². The highest BCUT2D eigenvalue weighted by Crippen LogP contribution is 2.24. The third kappa shape index (κ3) is 3.45. The maximum Gasteiger partial charge on any atom is 0.329 e. The monoisotopic (exact) mass is 366 g/mol. The number of nitrogens with two attached hydrogens (primary N) is 1. The molecule has 8 heteroatoms. The second-order valence-electron chi connectivity index (χ2n) is 5.74. The molecule has 136 valence electrons. The molecule has 2 heterocycles. The number of primary amides is 1. The van der Waals surface area contributed by atoms with E-state index in [2.05, 4.69) is 5.10 Å². The Kier molecular flexibility index (Phi) is 4.80. The van der Waals surface area contributed by atoms with Gasteiger partial charge in [0.2, 0.25) is 5.78 Å². The lowest BCUT2D eigenvalue weighted by atomic mass is 10.0. The number of halogens is 1. The summed E-state index contributed by atoms with van der Waals surface area (Å²) in [5, 5.41) is 3.73. The number of ketones is 1. The van der Waals surface area contributed by atoms with Crippen molar-refractivity contribution in [1.29, 1.82) is 0 Å². The van der Waals surface area contributed by atoms with Crippen LogP contribution in [0, 0.1) is 12.7 Å². The van der Waals surface area contributed by atoms with Crippen molar-refractivity contribution < 1.29 is 18.8 Å². The summed E-state index contributed by atoms with van der Waals surface area (Å²) in [4.78, 5) is 34.9. The number of amides is 2. The van der Waals surface area contributed by atoms with Crippen LogP contribution in [0.5, 0.6) is 0 Å². The maximum atomic E-state index is 13.1. The molecule has 0 unspecified atom stereocenters. The van der Waals surface area contributed by atoms with Crippen molar-refractivity contribution in [1.82, 2.24) is 9.83 Å². The van der Waals surface area contributed by atoms with Crippen LogP contribution >= 0.6 is 0 Å². The Morgan fingerprint density at radius 2 is 1.85 bits per heavy atom. The summed E-state index contributed by atoms with van der Waals surface area (Å²) < 4.78 is 14.8. The first kappa shape index (κ1) is 18.0. The fourth-order valence-electron chi connectivity index (χ4n) is 2.75. The number of fused-ring (bicyclic) bond motifs is 1. The molecule has 3 rings (SSSR count). The molecular formula is C19H15FN4O3. The van der Waals surface area contributed by atoms with Gasteiger partial charge in [-0.1, -0.05) is 6.07 Å². The topological polar surface area (TPSA) is 106 Å². The minimum Gasteiger partial charge on any atom is -0.361 e. The third-order valence-corrected chi connectivity index (χ3v) is 4.04. The molecule has 27 heavy (non-hydrogen) atoms. The van der Waals surface area contributed by atoms with Gasteiger partial charge in [-0.15, -0.1) is 0 Å². The smallest absolute Gasteiger partial charge is 0.329 e. The Morgan fingerprint density at radius 1 is 1.15 bits per heavy atom. The molecule has 2 aromatic heterocycles. The van der Waals surface area contributed by atoms with Crippen molar-refractivity contribution in [3.63, 3.8) is 0 Å². The molecule has 0 aliphatic carbocycles. The van der Waals surface area contributed by atoms with Crippen LogP contribution in [0.2, 0.25) is 0 Å². The van der Waals surface area contributed by atoms with E-state index in [1.807, 2.05) is 5.43 Å². The van der Waals surface area contributed by atoms with Gasteiger partial charge in [-0.3, -0.25) is 14.4 Å². The predicted molar refractivity (Wildman–Crippen MR) is 96.9 cm³/mol. The van der Waals surface area contributed by atoms with E-state index < -0.39 is 17.6 Å². The average molecular weight is 366 g/mol. The van der Waals surface area contributed by atoms with Crippen LogP contribution < -0.4 is 11.2 Å². The Labute approximate surface area is 153 Å². The summed E-state index contributed by atoms with van der Waals surface area (Å²) in [7, 11) is 0. The lowest BCUT2D eigenvalue weighted by molar-refractivity contribution is -0.137. The van der Waals surface area contributed by atoms with Crippen LogP contribution in [0.1, 0.15) is 27.2 Å². The number of rotatable bonds is 4. The zero-order valence-electron chi connectivity index (χ0n) is 14.3. The lowest BCUT2D eigenvalue weighted by Gasteiger charge is -2.04. The maximum absolute atomic E-state index is 13.1. The number of hydrogen-bond donors (Lipinski definition) is 2. The van der Waals surface area contributed by atoms with E-state index in [4.69, 9.17) is 5.73 Å². The van der Waals surface area contributed by atoms with E-state index in [1.54, 1.807) is 35.7 Å². The van der Waals surface area contributed by atoms with Crippen LogP contribution in [0.15, 0.2) is 53.8 Å². The number of nitrogens with zero attached hydrogens (tertiary/aromatic N) is 2. The third-order valence-electron chi connectivity index (χ3n) is 4.04. The summed E-state index contributed by atoms with van der Waals surface area (Å²) >= 11 is 0. The quantitative estimate of drug-likeness (QED) is 0.317. The minimum absolute atomic E-state index is 0.283. The highest BCUT2D eigenvalue weighted by Gasteiger charge is 2.21. The number of pyridine rings is 1. The highest BCUT2D eigenvalue weighted by molar-refractivity contribution is 6.34. The van der Waals surface area contributed by atoms with Crippen molar-refractivity contribution >= 4 is 29.3 Å². The average Bonchev–Trinajstić information content (AvgIpc) is 2.93. The molecule has 0 bridgehead atoms. The molecular weight excluding hydrogens is 351 g/mol. The number of carbonyl (C=O) groups is 3. The van der Waals surface area contributed by atoms with Gasteiger partial charge in [0, 0.05) is 17.3 Å². The van der Waals surface area contributed by atoms with Gasteiger partial charge in [0.15, 0.2) is 0 Å². The second-order valence-corrected chi connectivity index (χ2v) is 5.74. The standard InChI is InChI=1S/C19H15FN4O3/c1-11-14(10-22-23-19(27)18(21)26)15-4-2-3-9-24(15)16(11)17(25)12-5-7-13(20)8-6-12/h2-10H,1H3,(H2,21,26)(H,23,27)/b22-10-. The van der Waals surface area contributed by atoms with E-state index in [1.165, 1.54) is 30.5 Å². The Bertz CT molecular complexity index is 1080. The van der Waals surface area contributed by atoms with Gasteiger partial charge in [-0.05, 0) is 48.9 Å². The number of hydrogen-bond acceptors (Lipinski definition) is 4. The Morgan fingerprint density at radius 3 is 2.52 bits per heavy atom. The predicted octanol–water partition coefficient (Wildman–Crippen LogP) is 1.55. The van der Waals surface area contributed by atoms with E-state index in [9.17, 15) is 18.8 Å². The van der Waals surface area contributed by atoms with E-state index in [0.717, 1.165) is 0 Å².